The lowest BCUT2D eigenvalue weighted by atomic mass is 9.88. The SMILES string of the molecule is COc1ccc(NC(=O)c2ccc(-c3cccc(Cl)c3)c(C)c2)cc1C1CCN(C(C)C)CC1. The summed E-state index contributed by atoms with van der Waals surface area (Å²) in [6, 6.07) is 20.1. The molecule has 4 nitrogen and oxygen atoms in total. The Bertz CT molecular complexity index is 1170. The molecule has 0 aromatic heterocycles. The number of nitrogens with one attached hydrogen (secondary N) is 1. The summed E-state index contributed by atoms with van der Waals surface area (Å²) in [4.78, 5) is 15.6. The van der Waals surface area contributed by atoms with Crippen LogP contribution in [0.1, 0.15) is 54.1 Å². The van der Waals surface area contributed by atoms with Gasteiger partial charge in [0.1, 0.15) is 5.75 Å². The van der Waals surface area contributed by atoms with Crippen molar-refractivity contribution in [1.29, 1.82) is 0 Å². The van der Waals surface area contributed by atoms with E-state index in [1.54, 1.807) is 7.11 Å². The van der Waals surface area contributed by atoms with E-state index in [-0.39, 0.29) is 5.91 Å². The molecule has 1 heterocycles. The number of halogens is 1. The summed E-state index contributed by atoms with van der Waals surface area (Å²) in [6.07, 6.45) is 2.19. The van der Waals surface area contributed by atoms with Gasteiger partial charge in [0.15, 0.2) is 0 Å². The lowest BCUT2D eigenvalue weighted by Crippen LogP contribution is -2.37. The molecule has 1 saturated heterocycles. The molecule has 1 N–H and O–H groups in total. The van der Waals surface area contributed by atoms with Crippen LogP contribution in [-0.2, 0) is 0 Å². The van der Waals surface area contributed by atoms with Gasteiger partial charge in [-0.2, -0.15) is 0 Å². The zero-order chi connectivity index (χ0) is 24.2. The Morgan fingerprint density at radius 1 is 1.06 bits per heavy atom. The number of methoxy groups -OCH3 is 1. The van der Waals surface area contributed by atoms with E-state index >= 15 is 0 Å². The highest BCUT2D eigenvalue weighted by molar-refractivity contribution is 6.30. The second-order valence-corrected chi connectivity index (χ2v) is 9.79. The molecule has 0 aliphatic carbocycles. The Hall–Kier alpha value is -2.82. The fraction of sp³-hybridized carbons (Fsp3) is 0.345. The molecule has 3 aromatic carbocycles. The first-order valence-corrected chi connectivity index (χ1v) is 12.3. The second-order valence-electron chi connectivity index (χ2n) is 9.35. The van der Waals surface area contributed by atoms with Gasteiger partial charge >= 0.3 is 0 Å². The number of benzene rings is 3. The summed E-state index contributed by atoms with van der Waals surface area (Å²) < 4.78 is 5.66. The highest BCUT2D eigenvalue weighted by Gasteiger charge is 2.24. The second kappa shape index (κ2) is 10.6. The van der Waals surface area contributed by atoms with Crippen LogP contribution in [0, 0.1) is 6.92 Å². The standard InChI is InChI=1S/C29H33ClN2O2/c1-19(2)32-14-12-21(13-15-32)27-18-25(9-11-28(27)34-4)31-29(33)23-8-10-26(20(3)16-23)22-6-5-7-24(30)17-22/h5-11,16-19,21H,12-15H2,1-4H3,(H,31,33). The Labute approximate surface area is 207 Å². The zero-order valence-corrected chi connectivity index (χ0v) is 21.2. The van der Waals surface area contributed by atoms with Crippen molar-refractivity contribution in [2.24, 2.45) is 0 Å². The van der Waals surface area contributed by atoms with E-state index in [9.17, 15) is 4.79 Å². The molecule has 34 heavy (non-hydrogen) atoms. The molecule has 0 bridgehead atoms. The molecule has 178 valence electrons. The number of aryl methyl sites for hydroxylation is 1. The van der Waals surface area contributed by atoms with E-state index in [0.717, 1.165) is 54.1 Å². The number of rotatable bonds is 6. The molecule has 0 unspecified atom stereocenters. The number of piperidine rings is 1. The van der Waals surface area contributed by atoms with Gasteiger partial charge < -0.3 is 15.0 Å². The minimum atomic E-state index is -0.119. The van der Waals surface area contributed by atoms with Crippen LogP contribution in [-0.4, -0.2) is 37.0 Å². The van der Waals surface area contributed by atoms with Gasteiger partial charge in [0.25, 0.3) is 5.91 Å². The fourth-order valence-electron chi connectivity index (χ4n) is 4.85. The molecular weight excluding hydrogens is 444 g/mol. The van der Waals surface area contributed by atoms with Crippen molar-refractivity contribution in [3.05, 3.63) is 82.4 Å². The van der Waals surface area contributed by atoms with Crippen LogP contribution < -0.4 is 10.1 Å². The molecule has 4 rings (SSSR count). The van der Waals surface area contributed by atoms with Crippen LogP contribution >= 0.6 is 11.6 Å². The van der Waals surface area contributed by atoms with Crippen LogP contribution in [0.15, 0.2) is 60.7 Å². The molecule has 1 aliphatic heterocycles. The Morgan fingerprint density at radius 3 is 2.47 bits per heavy atom. The maximum atomic E-state index is 13.1. The lowest BCUT2D eigenvalue weighted by molar-refractivity contribution is 0.102. The molecule has 0 radical (unpaired) electrons. The van der Waals surface area contributed by atoms with Gasteiger partial charge in [0.2, 0.25) is 0 Å². The van der Waals surface area contributed by atoms with E-state index in [1.165, 1.54) is 5.56 Å². The van der Waals surface area contributed by atoms with Crippen molar-refractivity contribution < 1.29 is 9.53 Å². The molecule has 0 spiro atoms. The minimum Gasteiger partial charge on any atom is -0.496 e. The molecule has 5 heteroatoms. The van der Waals surface area contributed by atoms with Gasteiger partial charge in [-0.3, -0.25) is 4.79 Å². The van der Waals surface area contributed by atoms with Crippen LogP contribution in [0.4, 0.5) is 5.69 Å². The van der Waals surface area contributed by atoms with E-state index in [1.807, 2.05) is 61.5 Å². The number of likely N-dealkylation sites (tertiary alicyclic amines) is 1. The smallest absolute Gasteiger partial charge is 0.255 e. The third-order valence-corrected chi connectivity index (χ3v) is 7.05. The highest BCUT2D eigenvalue weighted by atomic mass is 35.5. The third kappa shape index (κ3) is 5.45. The average molecular weight is 477 g/mol. The number of nitrogens with zero attached hydrogens (tertiary/aromatic N) is 1. The van der Waals surface area contributed by atoms with Gasteiger partial charge in [0.05, 0.1) is 7.11 Å². The minimum absolute atomic E-state index is 0.119. The first-order chi connectivity index (χ1) is 16.4. The number of ether oxygens (including phenoxy) is 1. The van der Waals surface area contributed by atoms with Crippen molar-refractivity contribution in [1.82, 2.24) is 4.90 Å². The molecule has 0 saturated carbocycles. The average Bonchev–Trinajstić information content (AvgIpc) is 2.84. The van der Waals surface area contributed by atoms with E-state index in [4.69, 9.17) is 16.3 Å². The third-order valence-electron chi connectivity index (χ3n) is 6.81. The number of carbonyl (C=O) groups excluding carboxylic acids is 1. The van der Waals surface area contributed by atoms with Crippen molar-refractivity contribution >= 4 is 23.2 Å². The highest BCUT2D eigenvalue weighted by Crippen LogP contribution is 2.36. The van der Waals surface area contributed by atoms with Crippen LogP contribution in [0.25, 0.3) is 11.1 Å². The van der Waals surface area contributed by atoms with Crippen LogP contribution in [0.5, 0.6) is 5.75 Å². The topological polar surface area (TPSA) is 41.6 Å². The Morgan fingerprint density at radius 2 is 1.82 bits per heavy atom. The summed E-state index contributed by atoms with van der Waals surface area (Å²) >= 11 is 6.15. The van der Waals surface area contributed by atoms with E-state index < -0.39 is 0 Å². The maximum Gasteiger partial charge on any atom is 0.255 e. The maximum absolute atomic E-state index is 13.1. The van der Waals surface area contributed by atoms with Crippen LogP contribution in [0.3, 0.4) is 0 Å². The largest absolute Gasteiger partial charge is 0.496 e. The predicted octanol–water partition coefficient (Wildman–Crippen LogP) is 7.16. The summed E-state index contributed by atoms with van der Waals surface area (Å²) in [5.41, 5.74) is 5.74. The fourth-order valence-corrected chi connectivity index (χ4v) is 5.04. The van der Waals surface area contributed by atoms with Gasteiger partial charge in [0, 0.05) is 22.3 Å². The quantitative estimate of drug-likeness (QED) is 0.410. The normalized spacial score (nSPS) is 14.9. The number of hydrogen-bond acceptors (Lipinski definition) is 3. The van der Waals surface area contributed by atoms with Crippen LogP contribution in [0.2, 0.25) is 5.02 Å². The van der Waals surface area contributed by atoms with Gasteiger partial charge in [-0.05, 0) is 117 Å². The molecule has 1 fully saturated rings. The number of anilines is 1. The molecule has 0 atom stereocenters. The van der Waals surface area contributed by atoms with Crippen molar-refractivity contribution in [2.75, 3.05) is 25.5 Å². The van der Waals surface area contributed by atoms with Gasteiger partial charge in [-0.15, -0.1) is 0 Å². The molecule has 3 aromatic rings. The predicted molar refractivity (Wildman–Crippen MR) is 141 cm³/mol. The first kappa shape index (κ1) is 24.3. The number of hydrogen-bond donors (Lipinski definition) is 1. The van der Waals surface area contributed by atoms with Gasteiger partial charge in [-0.25, -0.2) is 0 Å². The van der Waals surface area contributed by atoms with Crippen molar-refractivity contribution in [3.63, 3.8) is 0 Å². The molecule has 1 amide bonds. The first-order valence-electron chi connectivity index (χ1n) is 12.0. The van der Waals surface area contributed by atoms with E-state index in [2.05, 4.69) is 30.1 Å². The Kier molecular flexibility index (Phi) is 7.60. The summed E-state index contributed by atoms with van der Waals surface area (Å²) in [6.45, 7) is 8.68. The number of carbonyl (C=O) groups is 1. The van der Waals surface area contributed by atoms with Crippen molar-refractivity contribution in [3.8, 4) is 16.9 Å². The molecular formula is C29H33ClN2O2. The summed E-state index contributed by atoms with van der Waals surface area (Å²) in [7, 11) is 1.71. The lowest BCUT2D eigenvalue weighted by Gasteiger charge is -2.35. The van der Waals surface area contributed by atoms with Crippen molar-refractivity contribution in [2.45, 2.75) is 45.6 Å². The summed E-state index contributed by atoms with van der Waals surface area (Å²) in [5, 5.41) is 3.78. The molecule has 1 aliphatic rings. The summed E-state index contributed by atoms with van der Waals surface area (Å²) in [5.74, 6) is 1.20. The zero-order valence-electron chi connectivity index (χ0n) is 20.4. The van der Waals surface area contributed by atoms with E-state index in [0.29, 0.717) is 22.5 Å². The Balaban J connectivity index is 1.51. The van der Waals surface area contributed by atoms with Gasteiger partial charge in [-0.1, -0.05) is 29.8 Å². The monoisotopic (exact) mass is 476 g/mol. The number of amides is 1.